The Labute approximate surface area is 233 Å². The first-order valence-corrected chi connectivity index (χ1v) is 14.2. The Kier molecular flexibility index (Phi) is 7.27. The lowest BCUT2D eigenvalue weighted by molar-refractivity contribution is -0.226. The van der Waals surface area contributed by atoms with E-state index in [1.54, 1.807) is 25.1 Å². The van der Waals surface area contributed by atoms with Crippen molar-refractivity contribution in [2.24, 2.45) is 0 Å². The number of esters is 1. The highest BCUT2D eigenvalue weighted by atomic mass is 31.2. The molecular weight excluding hydrogens is 562 g/mol. The average Bonchev–Trinajstić information content (AvgIpc) is 3.41. The summed E-state index contributed by atoms with van der Waals surface area (Å²) < 4.78 is 51.2. The quantitative estimate of drug-likeness (QED) is 0.196. The number of carbonyl (C=O) groups excluding carboxylic acids is 1. The van der Waals surface area contributed by atoms with Gasteiger partial charge in [-0.15, -0.1) is 5.10 Å². The zero-order valence-electron chi connectivity index (χ0n) is 22.1. The van der Waals surface area contributed by atoms with E-state index in [9.17, 15) is 29.2 Å². The summed E-state index contributed by atoms with van der Waals surface area (Å²) in [7, 11) is -4.36. The van der Waals surface area contributed by atoms with Crippen molar-refractivity contribution in [3.8, 4) is 11.8 Å². The Morgan fingerprint density at radius 3 is 2.71 bits per heavy atom. The molecule has 16 heteroatoms. The summed E-state index contributed by atoms with van der Waals surface area (Å²) in [4.78, 5) is 15.7. The van der Waals surface area contributed by atoms with Crippen molar-refractivity contribution in [1.29, 1.82) is 5.26 Å². The van der Waals surface area contributed by atoms with Gasteiger partial charge < -0.3 is 29.9 Å². The van der Waals surface area contributed by atoms with Gasteiger partial charge in [0, 0.05) is 0 Å². The van der Waals surface area contributed by atoms with E-state index in [0.717, 1.165) is 4.52 Å². The minimum atomic E-state index is -4.36. The third kappa shape index (κ3) is 4.53. The summed E-state index contributed by atoms with van der Waals surface area (Å²) in [6.45, 7) is 2.45. The number of hydrogen-bond donors (Lipinski definition) is 4. The Bertz CT molecular complexity index is 1570. The number of nitrogens with one attached hydrogen (secondary N) is 1. The number of nitriles is 1. The molecule has 2 aromatic heterocycles. The molecule has 14 nitrogen and oxygen atoms in total. The summed E-state index contributed by atoms with van der Waals surface area (Å²) in [5.74, 6) is -0.781. The number of aromatic nitrogens is 3. The zero-order valence-corrected chi connectivity index (χ0v) is 23.0. The number of ether oxygens (including phenoxy) is 2. The molecule has 0 spiro atoms. The molecule has 0 amide bonds. The number of anilines is 1. The molecule has 1 unspecified atom stereocenters. The van der Waals surface area contributed by atoms with Crippen molar-refractivity contribution in [3.63, 3.8) is 0 Å². The first kappa shape index (κ1) is 28.9. The monoisotopic (exact) mass is 590 g/mol. The predicted octanol–water partition coefficient (Wildman–Crippen LogP) is 1.57. The molecule has 3 heterocycles. The Morgan fingerprint density at radius 2 is 2.07 bits per heavy atom. The molecule has 218 valence electrons. The van der Waals surface area contributed by atoms with Gasteiger partial charge in [0.2, 0.25) is 5.60 Å². The molecule has 1 aromatic carbocycles. The van der Waals surface area contributed by atoms with Crippen molar-refractivity contribution in [2.45, 2.75) is 55.6 Å². The second-order valence-electron chi connectivity index (χ2n) is 9.77. The van der Waals surface area contributed by atoms with E-state index >= 15 is 0 Å². The highest BCUT2D eigenvalue weighted by Crippen LogP contribution is 2.63. The van der Waals surface area contributed by atoms with Crippen LogP contribution in [0.5, 0.6) is 5.75 Å². The molecule has 6 atom stereocenters. The first-order chi connectivity index (χ1) is 19.4. The van der Waals surface area contributed by atoms with Crippen LogP contribution in [0.15, 0.2) is 42.5 Å². The molecule has 3 aromatic rings. The molecule has 1 saturated heterocycles. The molecule has 41 heavy (non-hydrogen) atoms. The van der Waals surface area contributed by atoms with Crippen LogP contribution in [0.1, 0.15) is 32.4 Å². The van der Waals surface area contributed by atoms with E-state index in [1.807, 2.05) is 6.07 Å². The third-order valence-electron chi connectivity index (χ3n) is 7.41. The van der Waals surface area contributed by atoms with E-state index in [4.69, 9.17) is 24.3 Å². The number of benzene rings is 1. The van der Waals surface area contributed by atoms with Crippen LogP contribution in [0.3, 0.4) is 0 Å². The molecule has 0 bridgehead atoms. The molecule has 2 fully saturated rings. The largest absolute Gasteiger partial charge is 0.465 e. The standard InChI is InChI=1S/C25H28FN6O8P/c1-3-37-21(33)15(2)31-41(36,40-16-7-5-4-6-8-16)38-13-19-23(34)11-12-25(23,35)24(14-27,39-19)18-10-9-17-20(28)29-22(26)30-32(17)18/h4-10,15,19,34-35H,3,11-13H2,1-2H3,(H,31,36)(H2,28,29,30)/t15-,19+,23-,24-,25+,41?/m0/s1. The van der Waals surface area contributed by atoms with Crippen molar-refractivity contribution >= 4 is 25.1 Å². The second kappa shape index (κ2) is 10.3. The summed E-state index contributed by atoms with van der Waals surface area (Å²) in [5.41, 5.74) is -0.662. The van der Waals surface area contributed by atoms with Crippen LogP contribution in [-0.4, -0.2) is 67.3 Å². The van der Waals surface area contributed by atoms with Gasteiger partial charge in [0.15, 0.2) is 5.82 Å². The van der Waals surface area contributed by atoms with E-state index in [0.29, 0.717) is 0 Å². The molecule has 1 saturated carbocycles. The van der Waals surface area contributed by atoms with Gasteiger partial charge in [-0.3, -0.25) is 9.32 Å². The molecule has 5 N–H and O–H groups in total. The smallest absolute Gasteiger partial charge is 0.459 e. The van der Waals surface area contributed by atoms with Crippen LogP contribution in [0.2, 0.25) is 0 Å². The molecule has 1 aliphatic carbocycles. The fraction of sp³-hybridized carbons (Fsp3) is 0.440. The average molecular weight is 591 g/mol. The Morgan fingerprint density at radius 1 is 1.34 bits per heavy atom. The summed E-state index contributed by atoms with van der Waals surface area (Å²) >= 11 is 0. The Hall–Kier alpha value is -3.64. The summed E-state index contributed by atoms with van der Waals surface area (Å²) in [5, 5.41) is 39.8. The van der Waals surface area contributed by atoms with Crippen LogP contribution in [0, 0.1) is 17.4 Å². The minimum absolute atomic E-state index is 0.00769. The van der Waals surface area contributed by atoms with Gasteiger partial charge in [-0.2, -0.15) is 19.7 Å². The lowest BCUT2D eigenvalue weighted by Gasteiger charge is -2.51. The maximum atomic E-state index is 14.1. The maximum Gasteiger partial charge on any atom is 0.459 e. The van der Waals surface area contributed by atoms with Gasteiger partial charge in [-0.25, -0.2) is 9.08 Å². The number of nitrogens with two attached hydrogens (primary N) is 1. The van der Waals surface area contributed by atoms with Crippen molar-refractivity contribution in [3.05, 3.63) is 54.2 Å². The SMILES string of the molecule is CCOC(=O)[C@H](C)NP(=O)(OC[C@H]1O[C@@](C#N)(c2ccc3c(N)nc(F)nn23)[C@@]2(O)CC[C@]12O)Oc1ccccc1. The van der Waals surface area contributed by atoms with Gasteiger partial charge in [-0.05, 0) is 51.0 Å². The van der Waals surface area contributed by atoms with Gasteiger partial charge in [0.25, 0.3) is 0 Å². The van der Waals surface area contributed by atoms with Crippen LogP contribution >= 0.6 is 7.75 Å². The van der Waals surface area contributed by atoms with E-state index in [1.165, 1.54) is 31.2 Å². The van der Waals surface area contributed by atoms with E-state index in [2.05, 4.69) is 15.2 Å². The second-order valence-corrected chi connectivity index (χ2v) is 11.5. The normalized spacial score (nSPS) is 29.1. The van der Waals surface area contributed by atoms with Crippen molar-refractivity contribution < 1.29 is 42.5 Å². The number of rotatable bonds is 10. The lowest BCUT2D eigenvalue weighted by Crippen LogP contribution is -2.70. The van der Waals surface area contributed by atoms with E-state index in [-0.39, 0.29) is 42.2 Å². The number of fused-ring (bicyclic) bond motifs is 2. The number of nitrogens with zero attached hydrogens (tertiary/aromatic N) is 4. The number of nitrogen functional groups attached to an aromatic ring is 1. The van der Waals surface area contributed by atoms with Crippen LogP contribution in [0.25, 0.3) is 5.52 Å². The number of halogens is 1. The third-order valence-corrected chi connectivity index (χ3v) is 9.05. The fourth-order valence-electron chi connectivity index (χ4n) is 5.25. The summed E-state index contributed by atoms with van der Waals surface area (Å²) in [6.07, 6.45) is -2.69. The molecule has 0 radical (unpaired) electrons. The summed E-state index contributed by atoms with van der Waals surface area (Å²) in [6, 6.07) is 11.6. The fourth-order valence-corrected chi connectivity index (χ4v) is 6.74. The van der Waals surface area contributed by atoms with Crippen molar-refractivity contribution in [1.82, 2.24) is 19.7 Å². The minimum Gasteiger partial charge on any atom is -0.465 e. The van der Waals surface area contributed by atoms with Gasteiger partial charge in [0.1, 0.15) is 40.7 Å². The first-order valence-electron chi connectivity index (χ1n) is 12.7. The topological polar surface area (TPSA) is 204 Å². The number of aliphatic hydroxyl groups is 2. The predicted molar refractivity (Wildman–Crippen MR) is 139 cm³/mol. The van der Waals surface area contributed by atoms with E-state index < -0.39 is 55.3 Å². The number of para-hydroxylation sites is 1. The highest BCUT2D eigenvalue weighted by molar-refractivity contribution is 7.52. The molecule has 1 aliphatic heterocycles. The van der Waals surface area contributed by atoms with Crippen molar-refractivity contribution in [2.75, 3.05) is 18.9 Å². The number of carbonyl (C=O) groups is 1. The molecule has 2 aliphatic rings. The van der Waals surface area contributed by atoms with Gasteiger partial charge >= 0.3 is 19.8 Å². The maximum absolute atomic E-state index is 14.1. The lowest BCUT2D eigenvalue weighted by atomic mass is 9.57. The molecule has 5 rings (SSSR count). The Balaban J connectivity index is 1.47. The van der Waals surface area contributed by atoms with Gasteiger partial charge in [-0.1, -0.05) is 18.2 Å². The number of hydrogen-bond acceptors (Lipinski definition) is 12. The zero-order chi connectivity index (χ0) is 29.6. The van der Waals surface area contributed by atoms with Crippen LogP contribution in [0.4, 0.5) is 10.2 Å². The van der Waals surface area contributed by atoms with Crippen LogP contribution < -0.4 is 15.3 Å². The molecular formula is C25H28FN6O8P. The van der Waals surface area contributed by atoms with Gasteiger partial charge in [0.05, 0.1) is 18.9 Å². The highest BCUT2D eigenvalue weighted by Gasteiger charge is 2.80. The van der Waals surface area contributed by atoms with Crippen LogP contribution in [-0.2, 0) is 29.0 Å².